The Kier molecular flexibility index (Phi) is 7.45. The van der Waals surface area contributed by atoms with E-state index in [4.69, 9.17) is 0 Å². The molecule has 6 nitrogen and oxygen atoms in total. The zero-order valence-electron chi connectivity index (χ0n) is 17.1. The molecule has 3 rings (SSSR count). The molecule has 0 fully saturated rings. The number of hydrogen-bond donors (Lipinski definition) is 1. The van der Waals surface area contributed by atoms with Gasteiger partial charge < -0.3 is 0 Å². The van der Waals surface area contributed by atoms with E-state index in [-0.39, 0.29) is 4.90 Å². The van der Waals surface area contributed by atoms with Crippen molar-refractivity contribution >= 4 is 49.9 Å². The molecule has 160 valence electrons. The molecule has 0 radical (unpaired) electrons. The molecule has 3 aromatic rings. The summed E-state index contributed by atoms with van der Waals surface area (Å²) in [7, 11) is -3.94. The summed E-state index contributed by atoms with van der Waals surface area (Å²) in [5, 5.41) is 4.13. The maximum Gasteiger partial charge on any atom is 0.264 e. The Hall–Kier alpha value is -2.72. The second-order valence-electron chi connectivity index (χ2n) is 6.90. The number of anilines is 1. The summed E-state index contributed by atoms with van der Waals surface area (Å²) in [6, 6.07) is 22.7. The van der Waals surface area contributed by atoms with E-state index in [1.165, 1.54) is 12.1 Å². The summed E-state index contributed by atoms with van der Waals surface area (Å²) in [5.41, 5.74) is 5.50. The lowest BCUT2D eigenvalue weighted by atomic mass is 10.1. The quantitative estimate of drug-likeness (QED) is 0.272. The molecule has 0 atom stereocenters. The minimum absolute atomic E-state index is 0.112. The molecule has 0 aliphatic heterocycles. The van der Waals surface area contributed by atoms with Crippen molar-refractivity contribution in [1.29, 1.82) is 0 Å². The van der Waals surface area contributed by atoms with E-state index < -0.39 is 22.5 Å². The molecular formula is C23H22IN3O3S. The van der Waals surface area contributed by atoms with Gasteiger partial charge in [-0.3, -0.25) is 9.10 Å². The third-order valence-electron chi connectivity index (χ3n) is 4.55. The van der Waals surface area contributed by atoms with Gasteiger partial charge in [-0.25, -0.2) is 13.8 Å². The van der Waals surface area contributed by atoms with Crippen LogP contribution in [0.5, 0.6) is 0 Å². The fraction of sp³-hybridized carbons (Fsp3) is 0.130. The van der Waals surface area contributed by atoms with Gasteiger partial charge in [0.15, 0.2) is 0 Å². The SMILES string of the molecule is C/C(=N/NC(=O)CN(c1ccc(I)cc1)S(=O)(=O)c1ccccc1)c1ccc(C)cc1. The molecule has 31 heavy (non-hydrogen) atoms. The van der Waals surface area contributed by atoms with E-state index in [1.807, 2.05) is 31.2 Å². The van der Waals surface area contributed by atoms with Crippen LogP contribution in [0, 0.1) is 10.5 Å². The summed E-state index contributed by atoms with van der Waals surface area (Å²) in [6.07, 6.45) is 0. The number of amides is 1. The van der Waals surface area contributed by atoms with Crippen molar-refractivity contribution in [2.24, 2.45) is 5.10 Å². The van der Waals surface area contributed by atoms with Crippen molar-refractivity contribution in [3.05, 3.63) is 93.6 Å². The lowest BCUT2D eigenvalue weighted by molar-refractivity contribution is -0.119. The summed E-state index contributed by atoms with van der Waals surface area (Å²) >= 11 is 2.14. The Balaban J connectivity index is 1.84. The normalized spacial score (nSPS) is 11.8. The smallest absolute Gasteiger partial charge is 0.264 e. The molecule has 0 spiro atoms. The van der Waals surface area contributed by atoms with Crippen molar-refractivity contribution in [3.8, 4) is 0 Å². The minimum atomic E-state index is -3.94. The average molecular weight is 547 g/mol. The molecule has 1 N–H and O–H groups in total. The highest BCUT2D eigenvalue weighted by molar-refractivity contribution is 14.1. The van der Waals surface area contributed by atoms with Crippen molar-refractivity contribution in [1.82, 2.24) is 5.43 Å². The van der Waals surface area contributed by atoms with Crippen LogP contribution >= 0.6 is 22.6 Å². The van der Waals surface area contributed by atoms with E-state index in [9.17, 15) is 13.2 Å². The molecule has 1 amide bonds. The van der Waals surface area contributed by atoms with Gasteiger partial charge in [0.25, 0.3) is 15.9 Å². The van der Waals surface area contributed by atoms with Crippen LogP contribution < -0.4 is 9.73 Å². The zero-order valence-corrected chi connectivity index (χ0v) is 20.1. The van der Waals surface area contributed by atoms with Crippen LogP contribution in [0.25, 0.3) is 0 Å². The predicted octanol–water partition coefficient (Wildman–Crippen LogP) is 4.34. The number of carbonyl (C=O) groups excluding carboxylic acids is 1. The van der Waals surface area contributed by atoms with Crippen LogP contribution in [-0.4, -0.2) is 26.6 Å². The van der Waals surface area contributed by atoms with E-state index in [1.54, 1.807) is 49.4 Å². The first kappa shape index (κ1) is 23.0. The topological polar surface area (TPSA) is 78.8 Å². The van der Waals surface area contributed by atoms with Crippen molar-refractivity contribution in [3.63, 3.8) is 0 Å². The number of hydrogen-bond acceptors (Lipinski definition) is 4. The van der Waals surface area contributed by atoms with Crippen LogP contribution in [0.1, 0.15) is 18.1 Å². The number of aryl methyl sites for hydroxylation is 1. The van der Waals surface area contributed by atoms with Crippen LogP contribution in [0.4, 0.5) is 5.69 Å². The molecule has 0 saturated carbocycles. The first-order valence-electron chi connectivity index (χ1n) is 9.51. The maximum atomic E-state index is 13.3. The van der Waals surface area contributed by atoms with Crippen molar-refractivity contribution in [2.45, 2.75) is 18.7 Å². The van der Waals surface area contributed by atoms with E-state index in [0.29, 0.717) is 11.4 Å². The van der Waals surface area contributed by atoms with Gasteiger partial charge in [-0.05, 0) is 78.4 Å². The summed E-state index contributed by atoms with van der Waals surface area (Å²) in [6.45, 7) is 3.37. The molecule has 0 bridgehead atoms. The monoisotopic (exact) mass is 547 g/mol. The summed E-state index contributed by atoms with van der Waals surface area (Å²) < 4.78 is 28.6. The maximum absolute atomic E-state index is 13.3. The summed E-state index contributed by atoms with van der Waals surface area (Å²) in [5.74, 6) is -0.537. The van der Waals surface area contributed by atoms with Crippen molar-refractivity contribution < 1.29 is 13.2 Å². The van der Waals surface area contributed by atoms with Gasteiger partial charge in [-0.2, -0.15) is 5.10 Å². The standard InChI is InChI=1S/C23H22IN3O3S/c1-17-8-10-19(11-9-17)18(2)25-26-23(28)16-27(21-14-12-20(24)13-15-21)31(29,30)22-6-4-3-5-7-22/h3-15H,16H2,1-2H3,(H,26,28)/b25-18-. The first-order valence-corrected chi connectivity index (χ1v) is 12.0. The second kappa shape index (κ2) is 10.1. The van der Waals surface area contributed by atoms with Gasteiger partial charge in [-0.1, -0.05) is 48.0 Å². The molecule has 0 aliphatic carbocycles. The molecular weight excluding hydrogens is 525 g/mol. The molecule has 0 aliphatic rings. The minimum Gasteiger partial charge on any atom is -0.271 e. The first-order chi connectivity index (χ1) is 14.8. The van der Waals surface area contributed by atoms with Gasteiger partial charge >= 0.3 is 0 Å². The molecule has 0 aromatic heterocycles. The molecule has 3 aromatic carbocycles. The van der Waals surface area contributed by atoms with Gasteiger partial charge in [0, 0.05) is 3.57 Å². The Bertz CT molecular complexity index is 1180. The third kappa shape index (κ3) is 5.92. The van der Waals surface area contributed by atoms with Crippen LogP contribution in [0.15, 0.2) is 88.9 Å². The van der Waals surface area contributed by atoms with Gasteiger partial charge in [0.1, 0.15) is 6.54 Å². The van der Waals surface area contributed by atoms with Crippen LogP contribution in [0.2, 0.25) is 0 Å². The Morgan fingerprint density at radius 3 is 2.19 bits per heavy atom. The Labute approximate surface area is 196 Å². The van der Waals surface area contributed by atoms with E-state index in [0.717, 1.165) is 19.0 Å². The third-order valence-corrected chi connectivity index (χ3v) is 7.06. The Morgan fingerprint density at radius 2 is 1.58 bits per heavy atom. The molecule has 0 saturated heterocycles. The van der Waals surface area contributed by atoms with E-state index >= 15 is 0 Å². The highest BCUT2D eigenvalue weighted by Crippen LogP contribution is 2.24. The molecule has 0 unspecified atom stereocenters. The number of nitrogens with one attached hydrogen (secondary N) is 1. The largest absolute Gasteiger partial charge is 0.271 e. The number of sulfonamides is 1. The van der Waals surface area contributed by atoms with Crippen LogP contribution in [-0.2, 0) is 14.8 Å². The summed E-state index contributed by atoms with van der Waals surface area (Å²) in [4.78, 5) is 12.7. The van der Waals surface area contributed by atoms with E-state index in [2.05, 4.69) is 33.1 Å². The van der Waals surface area contributed by atoms with Crippen LogP contribution in [0.3, 0.4) is 0 Å². The number of nitrogens with zero attached hydrogens (tertiary/aromatic N) is 2. The molecule has 0 heterocycles. The number of rotatable bonds is 7. The number of carbonyl (C=O) groups is 1. The second-order valence-corrected chi connectivity index (χ2v) is 10.0. The highest BCUT2D eigenvalue weighted by Gasteiger charge is 2.27. The number of halogens is 1. The lowest BCUT2D eigenvalue weighted by Crippen LogP contribution is -2.39. The fourth-order valence-corrected chi connectivity index (χ4v) is 4.62. The molecule has 8 heteroatoms. The highest BCUT2D eigenvalue weighted by atomic mass is 127. The lowest BCUT2D eigenvalue weighted by Gasteiger charge is -2.23. The zero-order chi connectivity index (χ0) is 22.4. The Morgan fingerprint density at radius 1 is 0.968 bits per heavy atom. The number of hydrazone groups is 1. The van der Waals surface area contributed by atoms with Gasteiger partial charge in [0.2, 0.25) is 0 Å². The number of benzene rings is 3. The predicted molar refractivity (Wildman–Crippen MR) is 132 cm³/mol. The van der Waals surface area contributed by atoms with Gasteiger partial charge in [-0.15, -0.1) is 0 Å². The fourth-order valence-electron chi connectivity index (χ4n) is 2.81. The van der Waals surface area contributed by atoms with Crippen molar-refractivity contribution in [2.75, 3.05) is 10.8 Å². The average Bonchev–Trinajstić information content (AvgIpc) is 2.77. The van der Waals surface area contributed by atoms with Gasteiger partial charge in [0.05, 0.1) is 16.3 Å².